The van der Waals surface area contributed by atoms with E-state index >= 15 is 0 Å². The molecule has 0 unspecified atom stereocenters. The normalized spacial score (nSPS) is 29.2. The molecule has 2 saturated carbocycles. The Hall–Kier alpha value is -1.09. The van der Waals surface area contributed by atoms with Crippen molar-refractivity contribution in [3.63, 3.8) is 0 Å². The molecule has 1 aromatic heterocycles. The molecule has 3 fully saturated rings. The molecule has 1 saturated heterocycles. The predicted molar refractivity (Wildman–Crippen MR) is 86.4 cm³/mol. The molecule has 0 aromatic carbocycles. The summed E-state index contributed by atoms with van der Waals surface area (Å²) in [5.74, 6) is 0.935. The van der Waals surface area contributed by atoms with Gasteiger partial charge in [0.25, 0.3) is 0 Å². The summed E-state index contributed by atoms with van der Waals surface area (Å²) >= 11 is 0. The molecule has 0 radical (unpaired) electrons. The molecule has 1 N–H and O–H groups in total. The molecule has 0 amide bonds. The molecule has 2 atom stereocenters. The number of aromatic nitrogens is 1. The van der Waals surface area contributed by atoms with Crippen LogP contribution in [-0.4, -0.2) is 23.6 Å². The summed E-state index contributed by atoms with van der Waals surface area (Å²) in [6, 6.07) is 3.80. The Labute approximate surface area is 128 Å². The summed E-state index contributed by atoms with van der Waals surface area (Å²) < 4.78 is 0. The molecule has 1 aromatic rings. The van der Waals surface area contributed by atoms with Crippen molar-refractivity contribution in [2.24, 2.45) is 5.92 Å². The molecular weight excluding hydrogens is 258 g/mol. The first-order chi connectivity index (χ1) is 10.4. The van der Waals surface area contributed by atoms with Crippen molar-refractivity contribution >= 4 is 5.69 Å². The molecule has 3 aliphatic rings. The first-order valence-corrected chi connectivity index (χ1v) is 8.85. The maximum atomic E-state index is 4.38. The zero-order valence-corrected chi connectivity index (χ0v) is 12.9. The summed E-state index contributed by atoms with van der Waals surface area (Å²) in [5.41, 5.74) is 2.85. The number of hydrogen-bond acceptors (Lipinski definition) is 3. The third kappa shape index (κ3) is 2.94. The van der Waals surface area contributed by atoms with Gasteiger partial charge in [0.15, 0.2) is 0 Å². The van der Waals surface area contributed by atoms with Gasteiger partial charge in [-0.05, 0) is 50.5 Å². The second-order valence-electron chi connectivity index (χ2n) is 7.11. The Kier molecular flexibility index (Phi) is 3.85. The minimum atomic E-state index is 0.766. The lowest BCUT2D eigenvalue weighted by molar-refractivity contribution is 0.243. The van der Waals surface area contributed by atoms with E-state index in [1.807, 2.05) is 6.20 Å². The maximum Gasteiger partial charge on any atom is 0.0445 e. The Morgan fingerprint density at radius 1 is 1.10 bits per heavy atom. The zero-order chi connectivity index (χ0) is 14.1. The van der Waals surface area contributed by atoms with Crippen molar-refractivity contribution < 1.29 is 0 Å². The summed E-state index contributed by atoms with van der Waals surface area (Å²) in [5, 5.41) is 3.66. The fourth-order valence-electron chi connectivity index (χ4n) is 4.30. The van der Waals surface area contributed by atoms with Gasteiger partial charge in [-0.3, -0.25) is 4.98 Å². The lowest BCUT2D eigenvalue weighted by Crippen LogP contribution is -2.47. The number of anilines is 1. The Morgan fingerprint density at radius 2 is 1.95 bits per heavy atom. The van der Waals surface area contributed by atoms with Gasteiger partial charge in [0.05, 0.1) is 0 Å². The Balaban J connectivity index is 1.55. The van der Waals surface area contributed by atoms with Crippen LogP contribution < -0.4 is 10.2 Å². The van der Waals surface area contributed by atoms with Crippen LogP contribution in [0.4, 0.5) is 5.69 Å². The SMILES string of the molecule is c1cc(N2CCC[C@H]3CCCC[C@H]32)c(CNC2CC2)cn1. The lowest BCUT2D eigenvalue weighted by atomic mass is 9.78. The zero-order valence-electron chi connectivity index (χ0n) is 12.9. The van der Waals surface area contributed by atoms with Crippen LogP contribution in [0.25, 0.3) is 0 Å². The molecule has 21 heavy (non-hydrogen) atoms. The fourth-order valence-corrected chi connectivity index (χ4v) is 4.30. The van der Waals surface area contributed by atoms with Crippen LogP contribution in [0.5, 0.6) is 0 Å². The first kappa shape index (κ1) is 13.6. The van der Waals surface area contributed by atoms with Crippen LogP contribution in [0.15, 0.2) is 18.5 Å². The van der Waals surface area contributed by atoms with E-state index in [0.29, 0.717) is 0 Å². The number of piperidine rings is 1. The van der Waals surface area contributed by atoms with Gasteiger partial charge in [-0.25, -0.2) is 0 Å². The van der Waals surface area contributed by atoms with E-state index in [1.165, 1.54) is 69.2 Å². The molecule has 0 bridgehead atoms. The minimum Gasteiger partial charge on any atom is -0.368 e. The van der Waals surface area contributed by atoms with Crippen molar-refractivity contribution in [3.8, 4) is 0 Å². The van der Waals surface area contributed by atoms with Crippen LogP contribution in [0, 0.1) is 5.92 Å². The van der Waals surface area contributed by atoms with Crippen molar-refractivity contribution in [1.29, 1.82) is 0 Å². The second-order valence-corrected chi connectivity index (χ2v) is 7.11. The standard InChI is InChI=1S/C18H27N3/c1-2-6-17-14(4-1)5-3-11-21(17)18-9-10-19-12-15(18)13-20-16-7-8-16/h9-10,12,14,16-17,20H,1-8,11,13H2/t14-,17-/m1/s1. The first-order valence-electron chi connectivity index (χ1n) is 8.85. The third-order valence-corrected chi connectivity index (χ3v) is 5.59. The molecule has 3 nitrogen and oxygen atoms in total. The molecule has 1 aliphatic heterocycles. The Bertz CT molecular complexity index is 481. The van der Waals surface area contributed by atoms with Gasteiger partial charge in [-0.1, -0.05) is 12.8 Å². The monoisotopic (exact) mass is 285 g/mol. The van der Waals surface area contributed by atoms with Crippen LogP contribution in [-0.2, 0) is 6.54 Å². The smallest absolute Gasteiger partial charge is 0.0445 e. The molecule has 2 heterocycles. The number of fused-ring (bicyclic) bond motifs is 1. The molecule has 2 aliphatic carbocycles. The molecule has 3 heteroatoms. The summed E-state index contributed by atoms with van der Waals surface area (Å²) in [7, 11) is 0. The number of nitrogens with one attached hydrogen (secondary N) is 1. The van der Waals surface area contributed by atoms with E-state index in [2.05, 4.69) is 27.5 Å². The number of hydrogen-bond donors (Lipinski definition) is 1. The van der Waals surface area contributed by atoms with Gasteiger partial charge in [-0.2, -0.15) is 0 Å². The van der Waals surface area contributed by atoms with Crippen molar-refractivity contribution in [2.45, 2.75) is 70.0 Å². The van der Waals surface area contributed by atoms with E-state index < -0.39 is 0 Å². The van der Waals surface area contributed by atoms with Gasteiger partial charge in [-0.15, -0.1) is 0 Å². The number of nitrogens with zero attached hydrogens (tertiary/aromatic N) is 2. The van der Waals surface area contributed by atoms with Crippen LogP contribution >= 0.6 is 0 Å². The van der Waals surface area contributed by atoms with E-state index in [9.17, 15) is 0 Å². The van der Waals surface area contributed by atoms with E-state index in [-0.39, 0.29) is 0 Å². The van der Waals surface area contributed by atoms with E-state index in [4.69, 9.17) is 0 Å². The third-order valence-electron chi connectivity index (χ3n) is 5.59. The van der Waals surface area contributed by atoms with Crippen molar-refractivity contribution in [2.75, 3.05) is 11.4 Å². The minimum absolute atomic E-state index is 0.766. The number of rotatable bonds is 4. The van der Waals surface area contributed by atoms with Crippen LogP contribution in [0.3, 0.4) is 0 Å². The predicted octanol–water partition coefficient (Wildman–Crippen LogP) is 3.49. The van der Waals surface area contributed by atoms with Crippen molar-refractivity contribution in [3.05, 3.63) is 24.0 Å². The highest BCUT2D eigenvalue weighted by atomic mass is 15.2. The highest BCUT2D eigenvalue weighted by Crippen LogP contribution is 2.38. The lowest BCUT2D eigenvalue weighted by Gasteiger charge is -2.46. The number of pyridine rings is 1. The van der Waals surface area contributed by atoms with Crippen LogP contribution in [0.2, 0.25) is 0 Å². The average Bonchev–Trinajstić information content (AvgIpc) is 3.37. The molecule has 4 rings (SSSR count). The molecule has 0 spiro atoms. The molecular formula is C18H27N3. The van der Waals surface area contributed by atoms with Gasteiger partial charge >= 0.3 is 0 Å². The Morgan fingerprint density at radius 3 is 2.86 bits per heavy atom. The maximum absolute atomic E-state index is 4.38. The summed E-state index contributed by atoms with van der Waals surface area (Å²) in [4.78, 5) is 7.10. The highest BCUT2D eigenvalue weighted by molar-refractivity contribution is 5.53. The van der Waals surface area contributed by atoms with Gasteiger partial charge in [0.1, 0.15) is 0 Å². The van der Waals surface area contributed by atoms with E-state index in [1.54, 1.807) is 0 Å². The van der Waals surface area contributed by atoms with Gasteiger partial charge in [0, 0.05) is 48.8 Å². The second kappa shape index (κ2) is 5.96. The topological polar surface area (TPSA) is 28.2 Å². The quantitative estimate of drug-likeness (QED) is 0.918. The van der Waals surface area contributed by atoms with Gasteiger partial charge < -0.3 is 10.2 Å². The summed E-state index contributed by atoms with van der Waals surface area (Å²) in [6.07, 6.45) is 15.3. The summed E-state index contributed by atoms with van der Waals surface area (Å²) in [6.45, 7) is 2.23. The highest BCUT2D eigenvalue weighted by Gasteiger charge is 2.34. The van der Waals surface area contributed by atoms with Crippen molar-refractivity contribution in [1.82, 2.24) is 10.3 Å². The average molecular weight is 285 g/mol. The van der Waals surface area contributed by atoms with Gasteiger partial charge in [0.2, 0.25) is 0 Å². The largest absolute Gasteiger partial charge is 0.368 e. The molecule has 114 valence electrons. The van der Waals surface area contributed by atoms with Crippen LogP contribution in [0.1, 0.15) is 56.9 Å². The fraction of sp³-hybridized carbons (Fsp3) is 0.722. The van der Waals surface area contributed by atoms with E-state index in [0.717, 1.165) is 24.5 Å².